The van der Waals surface area contributed by atoms with Gasteiger partial charge in [0.15, 0.2) is 0 Å². The molecule has 1 heterocycles. The zero-order valence-corrected chi connectivity index (χ0v) is 18.3. The molecule has 1 amide bonds. The van der Waals surface area contributed by atoms with Crippen molar-refractivity contribution in [2.24, 2.45) is 16.6 Å². The van der Waals surface area contributed by atoms with Crippen molar-refractivity contribution in [3.63, 3.8) is 0 Å². The molecule has 0 bridgehead atoms. The van der Waals surface area contributed by atoms with Crippen LogP contribution in [0.1, 0.15) is 46.0 Å². The first kappa shape index (κ1) is 20.6. The van der Waals surface area contributed by atoms with E-state index >= 15 is 0 Å². The van der Waals surface area contributed by atoms with Gasteiger partial charge in [0.05, 0.1) is 0 Å². The number of ether oxygens (including phenoxy) is 1. The fraction of sp³-hybridized carbons (Fsp3) is 0.455. The van der Waals surface area contributed by atoms with Gasteiger partial charge in [-0.1, -0.05) is 33.7 Å². The van der Waals surface area contributed by atoms with Crippen molar-refractivity contribution in [2.45, 2.75) is 52.1 Å². The minimum Gasteiger partial charge on any atom is -0.488 e. The Morgan fingerprint density at radius 2 is 2.11 bits per heavy atom. The van der Waals surface area contributed by atoms with Gasteiger partial charge in [-0.15, -0.1) is 0 Å². The van der Waals surface area contributed by atoms with E-state index in [2.05, 4.69) is 40.0 Å². The second kappa shape index (κ2) is 8.95. The van der Waals surface area contributed by atoms with Gasteiger partial charge in [0.25, 0.3) is 0 Å². The van der Waals surface area contributed by atoms with Crippen LogP contribution in [0.15, 0.2) is 51.0 Å². The highest BCUT2D eigenvalue weighted by Crippen LogP contribution is 2.39. The Kier molecular flexibility index (Phi) is 6.60. The third kappa shape index (κ3) is 4.49. The molecule has 2 N–H and O–H groups in total. The average molecular weight is 446 g/mol. The van der Waals surface area contributed by atoms with Gasteiger partial charge < -0.3 is 10.5 Å². The summed E-state index contributed by atoms with van der Waals surface area (Å²) in [4.78, 5) is 18.5. The third-order valence-corrected chi connectivity index (χ3v) is 6.04. The van der Waals surface area contributed by atoms with Crippen LogP contribution < -0.4 is 10.5 Å². The van der Waals surface area contributed by atoms with Gasteiger partial charge in [-0.2, -0.15) is 0 Å². The van der Waals surface area contributed by atoms with E-state index in [1.54, 1.807) is 7.05 Å². The van der Waals surface area contributed by atoms with Crippen molar-refractivity contribution in [1.29, 1.82) is 0 Å². The molecule has 0 saturated carbocycles. The summed E-state index contributed by atoms with van der Waals surface area (Å²) in [6, 6.07) is 5.73. The summed E-state index contributed by atoms with van der Waals surface area (Å²) in [7, 11) is 1.67. The standard InChI is InChI=1S/C22H28BrN3O2/c1-4-6-16-14(2)7-5-8-17(16)19-11-12-21(27)26(3)22(24)25-18-13-15(23)9-10-20(18)28-19/h4,6,9-10,13,17,19H,5,7-8,11-12H2,1-3H3,(H2,24,25)/b6-4-. The Balaban J connectivity index is 2.04. The van der Waals surface area contributed by atoms with Gasteiger partial charge in [0, 0.05) is 23.9 Å². The molecule has 1 aromatic carbocycles. The Morgan fingerprint density at radius 1 is 1.32 bits per heavy atom. The molecule has 1 aliphatic carbocycles. The van der Waals surface area contributed by atoms with Gasteiger partial charge in [0.1, 0.15) is 17.5 Å². The Bertz CT molecular complexity index is 844. The fourth-order valence-corrected chi connectivity index (χ4v) is 4.33. The minimum absolute atomic E-state index is 0.0441. The number of hydrogen-bond donors (Lipinski definition) is 1. The molecular formula is C22H28BrN3O2. The van der Waals surface area contributed by atoms with Crippen molar-refractivity contribution in [3.8, 4) is 5.75 Å². The largest absolute Gasteiger partial charge is 0.488 e. The summed E-state index contributed by atoms with van der Waals surface area (Å²) in [5.41, 5.74) is 9.44. The molecular weight excluding hydrogens is 418 g/mol. The number of aliphatic imine (C=N–C) groups is 1. The molecule has 2 aliphatic rings. The van der Waals surface area contributed by atoms with Gasteiger partial charge in [-0.25, -0.2) is 4.99 Å². The smallest absolute Gasteiger partial charge is 0.229 e. The van der Waals surface area contributed by atoms with Crippen LogP contribution in [0.4, 0.5) is 5.69 Å². The first-order chi connectivity index (χ1) is 13.4. The zero-order chi connectivity index (χ0) is 20.3. The van der Waals surface area contributed by atoms with Gasteiger partial charge in [-0.05, 0) is 63.3 Å². The van der Waals surface area contributed by atoms with E-state index in [9.17, 15) is 4.79 Å². The molecule has 1 aromatic rings. The topological polar surface area (TPSA) is 67.9 Å². The van der Waals surface area contributed by atoms with Crippen LogP contribution in [0.25, 0.3) is 0 Å². The second-order valence-corrected chi connectivity index (χ2v) is 8.38. The van der Waals surface area contributed by atoms with E-state index in [4.69, 9.17) is 10.5 Å². The minimum atomic E-state index is -0.0896. The first-order valence-electron chi connectivity index (χ1n) is 9.80. The number of amides is 1. The Labute approximate surface area is 175 Å². The summed E-state index contributed by atoms with van der Waals surface area (Å²) < 4.78 is 7.39. The molecule has 0 radical (unpaired) electrons. The van der Waals surface area contributed by atoms with E-state index in [0.717, 1.165) is 23.7 Å². The van der Waals surface area contributed by atoms with E-state index in [1.165, 1.54) is 16.0 Å². The quantitative estimate of drug-likeness (QED) is 0.688. The van der Waals surface area contributed by atoms with Crippen LogP contribution in [0.2, 0.25) is 0 Å². The molecule has 0 aromatic heterocycles. The molecule has 5 nitrogen and oxygen atoms in total. The summed E-state index contributed by atoms with van der Waals surface area (Å²) in [5.74, 6) is 1.09. The molecule has 2 unspecified atom stereocenters. The molecule has 1 aliphatic heterocycles. The predicted octanol–water partition coefficient (Wildman–Crippen LogP) is 5.09. The molecule has 2 atom stereocenters. The van der Waals surface area contributed by atoms with Crippen molar-refractivity contribution >= 4 is 33.5 Å². The number of guanidine groups is 1. The van der Waals surface area contributed by atoms with Crippen LogP contribution in [-0.2, 0) is 4.79 Å². The summed E-state index contributed by atoms with van der Waals surface area (Å²) in [5, 5.41) is 0. The van der Waals surface area contributed by atoms with E-state index in [-0.39, 0.29) is 23.9 Å². The number of nitrogens with two attached hydrogens (primary N) is 1. The van der Waals surface area contributed by atoms with Crippen LogP contribution in [-0.4, -0.2) is 29.9 Å². The van der Waals surface area contributed by atoms with Gasteiger partial charge >= 0.3 is 0 Å². The molecule has 0 saturated heterocycles. The van der Waals surface area contributed by atoms with Crippen molar-refractivity contribution in [2.75, 3.05) is 7.05 Å². The lowest BCUT2D eigenvalue weighted by Gasteiger charge is -2.34. The lowest BCUT2D eigenvalue weighted by molar-refractivity contribution is -0.127. The van der Waals surface area contributed by atoms with E-state index in [1.807, 2.05) is 25.1 Å². The van der Waals surface area contributed by atoms with Gasteiger partial charge in [0.2, 0.25) is 11.9 Å². The summed E-state index contributed by atoms with van der Waals surface area (Å²) in [6.07, 6.45) is 8.54. The molecule has 3 rings (SSSR count). The maximum atomic E-state index is 12.6. The molecule has 6 heteroatoms. The zero-order valence-electron chi connectivity index (χ0n) is 16.7. The first-order valence-corrected chi connectivity index (χ1v) is 10.6. The summed E-state index contributed by atoms with van der Waals surface area (Å²) >= 11 is 3.48. The number of hydrogen-bond acceptors (Lipinski definition) is 4. The fourth-order valence-electron chi connectivity index (χ4n) is 3.98. The van der Waals surface area contributed by atoms with Gasteiger partial charge in [-0.3, -0.25) is 9.69 Å². The normalized spacial score (nSPS) is 24.1. The molecule has 150 valence electrons. The Morgan fingerprint density at radius 3 is 2.86 bits per heavy atom. The second-order valence-electron chi connectivity index (χ2n) is 7.46. The average Bonchev–Trinajstić information content (AvgIpc) is 2.67. The van der Waals surface area contributed by atoms with Crippen LogP contribution in [0.5, 0.6) is 5.75 Å². The number of carbonyl (C=O) groups is 1. The van der Waals surface area contributed by atoms with E-state index in [0.29, 0.717) is 24.3 Å². The highest BCUT2D eigenvalue weighted by atomic mass is 79.9. The number of fused-ring (bicyclic) bond motifs is 1. The number of carbonyl (C=O) groups excluding carboxylic acids is 1. The molecule has 0 fully saturated rings. The van der Waals surface area contributed by atoms with Crippen molar-refractivity contribution in [1.82, 2.24) is 4.90 Å². The third-order valence-electron chi connectivity index (χ3n) is 5.55. The molecule has 28 heavy (non-hydrogen) atoms. The summed E-state index contributed by atoms with van der Waals surface area (Å²) in [6.45, 7) is 4.25. The number of rotatable bonds is 2. The maximum Gasteiger partial charge on any atom is 0.229 e. The SMILES string of the molecule is C/C=C\C1=C(C)CCCC1C1CCC(=O)N(C)C(N)=Nc2cc(Br)ccc2O1. The van der Waals surface area contributed by atoms with Crippen LogP contribution >= 0.6 is 15.9 Å². The number of halogens is 1. The van der Waals surface area contributed by atoms with Crippen LogP contribution in [0, 0.1) is 5.92 Å². The molecule has 0 spiro atoms. The predicted molar refractivity (Wildman–Crippen MR) is 117 cm³/mol. The lowest BCUT2D eigenvalue weighted by atomic mass is 9.78. The Hall–Kier alpha value is -2.08. The van der Waals surface area contributed by atoms with Crippen LogP contribution in [0.3, 0.4) is 0 Å². The van der Waals surface area contributed by atoms with Crippen molar-refractivity contribution in [3.05, 3.63) is 46.0 Å². The van der Waals surface area contributed by atoms with E-state index < -0.39 is 0 Å². The van der Waals surface area contributed by atoms with Crippen molar-refractivity contribution < 1.29 is 9.53 Å². The lowest BCUT2D eigenvalue weighted by Crippen LogP contribution is -2.40. The monoisotopic (exact) mass is 445 g/mol. The highest BCUT2D eigenvalue weighted by Gasteiger charge is 2.31. The number of benzene rings is 1. The maximum absolute atomic E-state index is 12.6. The number of nitrogens with zero attached hydrogens (tertiary/aromatic N) is 2. The highest BCUT2D eigenvalue weighted by molar-refractivity contribution is 9.10. The number of allylic oxidation sites excluding steroid dienone is 3.